The molecular formula is C21H25NO2. The number of ether oxygens (including phenoxy) is 2. The Balaban J connectivity index is 2.06. The smallest absolute Gasteiger partial charge is 0.177 e. The highest BCUT2D eigenvalue weighted by Gasteiger charge is 2.59. The van der Waals surface area contributed by atoms with E-state index in [0.717, 1.165) is 17.9 Å². The van der Waals surface area contributed by atoms with Crippen molar-refractivity contribution in [3.05, 3.63) is 59.7 Å². The summed E-state index contributed by atoms with van der Waals surface area (Å²) in [5.41, 5.74) is 3.22. The number of methoxy groups -OCH3 is 1. The van der Waals surface area contributed by atoms with Crippen molar-refractivity contribution in [2.45, 2.75) is 31.9 Å². The lowest BCUT2D eigenvalue weighted by atomic mass is 9.62. The molecule has 2 aliphatic heterocycles. The van der Waals surface area contributed by atoms with E-state index in [1.807, 2.05) is 19.2 Å². The average molecular weight is 323 g/mol. The predicted molar refractivity (Wildman–Crippen MR) is 96.6 cm³/mol. The molecule has 0 N–H and O–H groups in total. The van der Waals surface area contributed by atoms with Gasteiger partial charge in [0.2, 0.25) is 0 Å². The second kappa shape index (κ2) is 5.25. The van der Waals surface area contributed by atoms with Gasteiger partial charge in [-0.25, -0.2) is 0 Å². The number of anilines is 1. The number of rotatable bonds is 2. The average Bonchev–Trinajstić information content (AvgIpc) is 2.61. The molecule has 0 radical (unpaired) electrons. The van der Waals surface area contributed by atoms with E-state index in [9.17, 15) is 0 Å². The molecule has 3 nitrogen and oxygen atoms in total. The molecule has 2 aliphatic rings. The van der Waals surface area contributed by atoms with Gasteiger partial charge in [-0.05, 0) is 24.6 Å². The first-order valence-electron chi connectivity index (χ1n) is 8.72. The lowest BCUT2D eigenvalue weighted by Crippen LogP contribution is -2.64. The lowest BCUT2D eigenvalue weighted by Gasteiger charge is -2.59. The minimum Gasteiger partial charge on any atom is -0.493 e. The molecule has 4 rings (SSSR count). The molecule has 0 saturated carbocycles. The molecule has 0 aromatic heterocycles. The Kier molecular flexibility index (Phi) is 3.40. The Morgan fingerprint density at radius 1 is 1.08 bits per heavy atom. The minimum absolute atomic E-state index is 0.0498. The van der Waals surface area contributed by atoms with E-state index >= 15 is 0 Å². The van der Waals surface area contributed by atoms with Crippen molar-refractivity contribution in [3.8, 4) is 5.75 Å². The molecule has 2 aromatic carbocycles. The van der Waals surface area contributed by atoms with E-state index in [1.165, 1.54) is 11.3 Å². The fourth-order valence-electron chi connectivity index (χ4n) is 4.78. The first-order valence-corrected chi connectivity index (χ1v) is 8.72. The number of para-hydroxylation sites is 2. The SMILES string of the molecule is CCN1c2ccccc2C(C)(C)C2COc3ccccc3C21OC. The van der Waals surface area contributed by atoms with E-state index in [2.05, 4.69) is 62.1 Å². The van der Waals surface area contributed by atoms with Crippen LogP contribution in [0.15, 0.2) is 48.5 Å². The van der Waals surface area contributed by atoms with Crippen molar-refractivity contribution in [1.82, 2.24) is 0 Å². The molecule has 2 atom stereocenters. The van der Waals surface area contributed by atoms with Crippen LogP contribution in [0.2, 0.25) is 0 Å². The molecule has 2 unspecified atom stereocenters. The number of hydrogen-bond donors (Lipinski definition) is 0. The van der Waals surface area contributed by atoms with Crippen molar-refractivity contribution < 1.29 is 9.47 Å². The Morgan fingerprint density at radius 3 is 2.46 bits per heavy atom. The summed E-state index contributed by atoms with van der Waals surface area (Å²) in [4.78, 5) is 2.42. The van der Waals surface area contributed by atoms with E-state index in [0.29, 0.717) is 6.61 Å². The normalized spacial score (nSPS) is 26.8. The van der Waals surface area contributed by atoms with Gasteiger partial charge in [0, 0.05) is 30.3 Å². The van der Waals surface area contributed by atoms with Crippen LogP contribution in [-0.2, 0) is 15.9 Å². The molecule has 2 heterocycles. The van der Waals surface area contributed by atoms with Crippen molar-refractivity contribution in [1.29, 1.82) is 0 Å². The van der Waals surface area contributed by atoms with Gasteiger partial charge in [0.15, 0.2) is 5.72 Å². The van der Waals surface area contributed by atoms with Crippen LogP contribution in [0.3, 0.4) is 0 Å². The van der Waals surface area contributed by atoms with Gasteiger partial charge in [-0.3, -0.25) is 0 Å². The van der Waals surface area contributed by atoms with Gasteiger partial charge in [-0.1, -0.05) is 50.2 Å². The first-order chi connectivity index (χ1) is 11.6. The van der Waals surface area contributed by atoms with E-state index in [4.69, 9.17) is 9.47 Å². The topological polar surface area (TPSA) is 21.7 Å². The fraction of sp³-hybridized carbons (Fsp3) is 0.429. The Hall–Kier alpha value is -2.00. The van der Waals surface area contributed by atoms with Crippen molar-refractivity contribution in [2.24, 2.45) is 5.92 Å². The van der Waals surface area contributed by atoms with Crippen LogP contribution in [0.5, 0.6) is 5.75 Å². The van der Waals surface area contributed by atoms with Crippen LogP contribution in [0.4, 0.5) is 5.69 Å². The molecule has 0 spiro atoms. The van der Waals surface area contributed by atoms with Crippen LogP contribution in [0.1, 0.15) is 31.9 Å². The van der Waals surface area contributed by atoms with Gasteiger partial charge in [0.05, 0.1) is 12.5 Å². The zero-order chi connectivity index (χ0) is 16.9. The lowest BCUT2D eigenvalue weighted by molar-refractivity contribution is -0.121. The summed E-state index contributed by atoms with van der Waals surface area (Å²) in [6.07, 6.45) is 0. The van der Waals surface area contributed by atoms with Crippen LogP contribution < -0.4 is 9.64 Å². The van der Waals surface area contributed by atoms with E-state index in [1.54, 1.807) is 0 Å². The largest absolute Gasteiger partial charge is 0.493 e. The molecular weight excluding hydrogens is 298 g/mol. The van der Waals surface area contributed by atoms with Gasteiger partial charge < -0.3 is 14.4 Å². The highest BCUT2D eigenvalue weighted by Crippen LogP contribution is 2.58. The Labute approximate surface area is 144 Å². The first kappa shape index (κ1) is 15.5. The summed E-state index contributed by atoms with van der Waals surface area (Å²) in [6.45, 7) is 8.36. The van der Waals surface area contributed by atoms with E-state index < -0.39 is 5.72 Å². The van der Waals surface area contributed by atoms with Crippen LogP contribution in [0.25, 0.3) is 0 Å². The summed E-state index contributed by atoms with van der Waals surface area (Å²) in [7, 11) is 1.84. The number of fused-ring (bicyclic) bond motifs is 4. The third kappa shape index (κ3) is 1.76. The second-order valence-electron chi connectivity index (χ2n) is 7.24. The summed E-state index contributed by atoms with van der Waals surface area (Å²) in [5.74, 6) is 1.14. The third-order valence-corrected chi connectivity index (χ3v) is 5.94. The molecule has 0 aliphatic carbocycles. The van der Waals surface area contributed by atoms with Gasteiger partial charge in [-0.15, -0.1) is 0 Å². The summed E-state index contributed by atoms with van der Waals surface area (Å²) in [6, 6.07) is 17.0. The number of benzene rings is 2. The highest BCUT2D eigenvalue weighted by atomic mass is 16.5. The van der Waals surface area contributed by atoms with Gasteiger partial charge in [0.25, 0.3) is 0 Å². The minimum atomic E-state index is -0.499. The zero-order valence-electron chi connectivity index (χ0n) is 14.9. The van der Waals surface area contributed by atoms with Crippen LogP contribution >= 0.6 is 0 Å². The van der Waals surface area contributed by atoms with Gasteiger partial charge in [0.1, 0.15) is 5.75 Å². The number of hydrogen-bond acceptors (Lipinski definition) is 3. The highest BCUT2D eigenvalue weighted by molar-refractivity contribution is 5.64. The summed E-state index contributed by atoms with van der Waals surface area (Å²) in [5, 5.41) is 0. The summed E-state index contributed by atoms with van der Waals surface area (Å²) >= 11 is 0. The van der Waals surface area contributed by atoms with Crippen LogP contribution in [-0.4, -0.2) is 20.3 Å². The second-order valence-corrected chi connectivity index (χ2v) is 7.24. The maximum Gasteiger partial charge on any atom is 0.177 e. The molecule has 0 fully saturated rings. The Bertz CT molecular complexity index is 770. The molecule has 0 saturated heterocycles. The molecule has 3 heteroatoms. The Morgan fingerprint density at radius 2 is 1.75 bits per heavy atom. The number of nitrogens with zero attached hydrogens (tertiary/aromatic N) is 1. The quantitative estimate of drug-likeness (QED) is 0.822. The molecule has 2 aromatic rings. The molecule has 126 valence electrons. The standard InChI is InChI=1S/C21H25NO2/c1-5-22-17-12-8-6-10-15(17)20(2,3)19-14-24-18-13-9-7-11-16(18)21(19,22)23-4/h6-13,19H,5,14H2,1-4H3. The predicted octanol–water partition coefficient (Wildman–Crippen LogP) is 4.31. The van der Waals surface area contributed by atoms with Crippen molar-refractivity contribution in [3.63, 3.8) is 0 Å². The molecule has 24 heavy (non-hydrogen) atoms. The van der Waals surface area contributed by atoms with Crippen molar-refractivity contribution >= 4 is 5.69 Å². The fourth-order valence-corrected chi connectivity index (χ4v) is 4.78. The maximum absolute atomic E-state index is 6.35. The monoisotopic (exact) mass is 323 g/mol. The molecule has 0 bridgehead atoms. The maximum atomic E-state index is 6.35. The van der Waals surface area contributed by atoms with Gasteiger partial charge >= 0.3 is 0 Å². The third-order valence-electron chi connectivity index (χ3n) is 5.94. The molecule has 0 amide bonds. The summed E-state index contributed by atoms with van der Waals surface area (Å²) < 4.78 is 12.5. The van der Waals surface area contributed by atoms with Gasteiger partial charge in [-0.2, -0.15) is 0 Å². The van der Waals surface area contributed by atoms with Crippen LogP contribution in [0, 0.1) is 5.92 Å². The zero-order valence-corrected chi connectivity index (χ0v) is 14.9. The van der Waals surface area contributed by atoms with E-state index in [-0.39, 0.29) is 11.3 Å². The van der Waals surface area contributed by atoms with Crippen molar-refractivity contribution in [2.75, 3.05) is 25.2 Å².